The molecule has 3 atom stereocenters. The third-order valence-corrected chi connectivity index (χ3v) is 4.82. The molecule has 3 aliphatic rings. The Kier molecular flexibility index (Phi) is 5.49. The van der Waals surface area contributed by atoms with Gasteiger partial charge in [-0.3, -0.25) is 4.79 Å². The summed E-state index contributed by atoms with van der Waals surface area (Å²) in [5.41, 5.74) is 0. The Morgan fingerprint density at radius 1 is 0.952 bits per heavy atom. The molecule has 0 aromatic carbocycles. The summed E-state index contributed by atoms with van der Waals surface area (Å²) in [6, 6.07) is 0.00144. The van der Waals surface area contributed by atoms with Crippen molar-refractivity contribution in [2.45, 2.75) is 63.2 Å². The molecule has 3 heterocycles. The highest BCUT2D eigenvalue weighted by molar-refractivity contribution is 5.82. The van der Waals surface area contributed by atoms with E-state index in [4.69, 9.17) is 9.47 Å². The van der Waals surface area contributed by atoms with Crippen molar-refractivity contribution in [3.63, 3.8) is 0 Å². The third-order valence-electron chi connectivity index (χ3n) is 4.82. The molecule has 3 aliphatic heterocycles. The van der Waals surface area contributed by atoms with E-state index in [1.165, 1.54) is 6.42 Å². The van der Waals surface area contributed by atoms with Crippen LogP contribution < -0.4 is 5.32 Å². The van der Waals surface area contributed by atoms with Gasteiger partial charge in [0, 0.05) is 26.3 Å². The maximum absolute atomic E-state index is 12.8. The van der Waals surface area contributed by atoms with Crippen LogP contribution in [0.4, 0.5) is 0 Å². The Labute approximate surface area is 127 Å². The molecule has 1 N–H and O–H groups in total. The quantitative estimate of drug-likeness (QED) is 0.831. The van der Waals surface area contributed by atoms with E-state index in [1.54, 1.807) is 0 Å². The molecule has 0 radical (unpaired) electrons. The first kappa shape index (κ1) is 15.3. The fraction of sp³-hybridized carbons (Fsp3) is 0.938. The number of piperidine rings is 1. The van der Waals surface area contributed by atoms with Crippen molar-refractivity contribution in [2.75, 3.05) is 32.8 Å². The molecule has 0 aliphatic carbocycles. The summed E-state index contributed by atoms with van der Waals surface area (Å²) in [4.78, 5) is 14.8. The van der Waals surface area contributed by atoms with Gasteiger partial charge in [0.2, 0.25) is 5.91 Å². The molecule has 0 aromatic heterocycles. The lowest BCUT2D eigenvalue weighted by Gasteiger charge is -2.32. The van der Waals surface area contributed by atoms with Crippen molar-refractivity contribution >= 4 is 5.91 Å². The summed E-state index contributed by atoms with van der Waals surface area (Å²) in [5, 5.41) is 3.38. The molecule has 1 amide bonds. The van der Waals surface area contributed by atoms with Crippen molar-refractivity contribution in [2.24, 2.45) is 0 Å². The predicted molar refractivity (Wildman–Crippen MR) is 80.2 cm³/mol. The minimum atomic E-state index is 0.00144. The summed E-state index contributed by atoms with van der Waals surface area (Å²) < 4.78 is 11.5. The van der Waals surface area contributed by atoms with Crippen LogP contribution in [0, 0.1) is 0 Å². The first-order valence-electron chi connectivity index (χ1n) is 8.58. The van der Waals surface area contributed by atoms with Crippen molar-refractivity contribution < 1.29 is 14.3 Å². The van der Waals surface area contributed by atoms with Crippen LogP contribution in [0.5, 0.6) is 0 Å². The molecule has 0 bridgehead atoms. The second-order valence-electron chi connectivity index (χ2n) is 6.52. The predicted octanol–water partition coefficient (Wildman–Crippen LogP) is 1.32. The second-order valence-corrected chi connectivity index (χ2v) is 6.52. The molecule has 0 aromatic rings. The lowest BCUT2D eigenvalue weighted by molar-refractivity contribution is -0.137. The Morgan fingerprint density at radius 2 is 1.62 bits per heavy atom. The fourth-order valence-corrected chi connectivity index (χ4v) is 3.61. The zero-order valence-corrected chi connectivity index (χ0v) is 12.9. The highest BCUT2D eigenvalue weighted by Crippen LogP contribution is 2.19. The number of amides is 1. The maximum atomic E-state index is 12.8. The highest BCUT2D eigenvalue weighted by atomic mass is 16.5. The van der Waals surface area contributed by atoms with Gasteiger partial charge in [0.1, 0.15) is 0 Å². The first-order valence-corrected chi connectivity index (χ1v) is 8.58. The molecule has 0 spiro atoms. The molecular weight excluding hydrogens is 268 g/mol. The number of nitrogens with zero attached hydrogens (tertiary/aromatic N) is 1. The summed E-state index contributed by atoms with van der Waals surface area (Å²) >= 11 is 0. The van der Waals surface area contributed by atoms with Gasteiger partial charge in [-0.05, 0) is 45.1 Å². The molecular formula is C16H28N2O3. The molecule has 0 saturated carbocycles. The number of ether oxygens (including phenoxy) is 2. The van der Waals surface area contributed by atoms with Crippen LogP contribution in [0.2, 0.25) is 0 Å². The van der Waals surface area contributed by atoms with Gasteiger partial charge in [-0.25, -0.2) is 0 Å². The Hall–Kier alpha value is -0.650. The Morgan fingerprint density at radius 3 is 2.10 bits per heavy atom. The smallest absolute Gasteiger partial charge is 0.239 e. The van der Waals surface area contributed by atoms with Crippen molar-refractivity contribution in [1.29, 1.82) is 0 Å². The lowest BCUT2D eigenvalue weighted by Crippen LogP contribution is -2.52. The molecule has 5 nitrogen and oxygen atoms in total. The summed E-state index contributed by atoms with van der Waals surface area (Å²) in [7, 11) is 0. The molecule has 3 rings (SSSR count). The zero-order valence-electron chi connectivity index (χ0n) is 12.9. The molecule has 3 fully saturated rings. The maximum Gasteiger partial charge on any atom is 0.239 e. The van der Waals surface area contributed by atoms with Gasteiger partial charge in [-0.15, -0.1) is 0 Å². The minimum absolute atomic E-state index is 0.00144. The van der Waals surface area contributed by atoms with E-state index in [2.05, 4.69) is 5.32 Å². The van der Waals surface area contributed by atoms with E-state index >= 15 is 0 Å². The van der Waals surface area contributed by atoms with E-state index in [0.717, 1.165) is 71.4 Å². The first-order chi connectivity index (χ1) is 10.3. The summed E-state index contributed by atoms with van der Waals surface area (Å²) in [6.07, 6.45) is 8.13. The van der Waals surface area contributed by atoms with Gasteiger partial charge >= 0.3 is 0 Å². The topological polar surface area (TPSA) is 50.8 Å². The molecule has 120 valence electrons. The largest absolute Gasteiger partial charge is 0.376 e. The summed E-state index contributed by atoms with van der Waals surface area (Å²) in [6.45, 7) is 4.11. The SMILES string of the molecule is O=C(C1CCCCN1)N(CC1CCCO1)CC1CCCO1. The standard InChI is InChI=1S/C16H28N2O3/c19-16(15-7-1-2-8-17-15)18(11-13-5-3-9-20-13)12-14-6-4-10-21-14/h13-15,17H,1-12H2. The van der Waals surface area contributed by atoms with E-state index in [0.29, 0.717) is 0 Å². The third kappa shape index (κ3) is 4.18. The van der Waals surface area contributed by atoms with Crippen LogP contribution in [0.15, 0.2) is 0 Å². The van der Waals surface area contributed by atoms with Gasteiger partial charge in [-0.2, -0.15) is 0 Å². The summed E-state index contributed by atoms with van der Waals surface area (Å²) in [5.74, 6) is 0.251. The van der Waals surface area contributed by atoms with Crippen LogP contribution in [0.25, 0.3) is 0 Å². The van der Waals surface area contributed by atoms with Crippen LogP contribution >= 0.6 is 0 Å². The van der Waals surface area contributed by atoms with E-state index < -0.39 is 0 Å². The van der Waals surface area contributed by atoms with Gasteiger partial charge in [0.15, 0.2) is 0 Å². The molecule has 5 heteroatoms. The van der Waals surface area contributed by atoms with Gasteiger partial charge in [0.05, 0.1) is 18.2 Å². The number of carbonyl (C=O) groups excluding carboxylic acids is 1. The zero-order chi connectivity index (χ0) is 14.5. The monoisotopic (exact) mass is 296 g/mol. The normalized spacial score (nSPS) is 33.2. The van der Waals surface area contributed by atoms with Crippen molar-refractivity contribution in [3.8, 4) is 0 Å². The van der Waals surface area contributed by atoms with Gasteiger partial charge in [-0.1, -0.05) is 6.42 Å². The van der Waals surface area contributed by atoms with Crippen LogP contribution in [0.3, 0.4) is 0 Å². The number of hydrogen-bond acceptors (Lipinski definition) is 4. The van der Waals surface area contributed by atoms with E-state index in [-0.39, 0.29) is 24.2 Å². The fourth-order valence-electron chi connectivity index (χ4n) is 3.61. The highest BCUT2D eigenvalue weighted by Gasteiger charge is 2.31. The number of nitrogens with one attached hydrogen (secondary N) is 1. The lowest BCUT2D eigenvalue weighted by atomic mass is 10.0. The van der Waals surface area contributed by atoms with Crippen molar-refractivity contribution in [3.05, 3.63) is 0 Å². The van der Waals surface area contributed by atoms with Crippen LogP contribution in [-0.4, -0.2) is 61.9 Å². The number of carbonyl (C=O) groups is 1. The van der Waals surface area contributed by atoms with E-state index in [1.807, 2.05) is 4.90 Å². The molecule has 21 heavy (non-hydrogen) atoms. The molecule has 3 unspecified atom stereocenters. The average molecular weight is 296 g/mol. The molecule has 3 saturated heterocycles. The average Bonchev–Trinajstić information content (AvgIpc) is 3.20. The van der Waals surface area contributed by atoms with Gasteiger partial charge in [0.25, 0.3) is 0 Å². The van der Waals surface area contributed by atoms with Crippen molar-refractivity contribution in [1.82, 2.24) is 10.2 Å². The number of rotatable bonds is 5. The minimum Gasteiger partial charge on any atom is -0.376 e. The van der Waals surface area contributed by atoms with Crippen LogP contribution in [0.1, 0.15) is 44.9 Å². The Bertz CT molecular complexity index is 314. The Balaban J connectivity index is 1.59. The second kappa shape index (κ2) is 7.56. The van der Waals surface area contributed by atoms with Gasteiger partial charge < -0.3 is 19.7 Å². The van der Waals surface area contributed by atoms with E-state index in [9.17, 15) is 4.79 Å². The number of hydrogen-bond donors (Lipinski definition) is 1. The van der Waals surface area contributed by atoms with Crippen LogP contribution in [-0.2, 0) is 14.3 Å².